The van der Waals surface area contributed by atoms with Gasteiger partial charge in [0.2, 0.25) is 0 Å². The molecule has 1 saturated heterocycles. The van der Waals surface area contributed by atoms with E-state index in [9.17, 15) is 4.79 Å². The molecule has 0 saturated carbocycles. The third kappa shape index (κ3) is 6.10. The number of carbonyl (C=O) groups is 1. The summed E-state index contributed by atoms with van der Waals surface area (Å²) in [6.07, 6.45) is 6.66. The number of thioether (sulfide) groups is 1. The minimum Gasteiger partial charge on any atom is -0.377 e. The van der Waals surface area contributed by atoms with Gasteiger partial charge in [0.25, 0.3) is 5.91 Å². The number of imidazole rings is 1. The molecule has 10 heteroatoms. The number of rotatable bonds is 8. The number of amides is 1. The number of nitrogens with one attached hydrogen (secondary N) is 1. The zero-order valence-electron chi connectivity index (χ0n) is 18.9. The summed E-state index contributed by atoms with van der Waals surface area (Å²) in [6.45, 7) is 7.58. The van der Waals surface area contributed by atoms with Gasteiger partial charge in [0, 0.05) is 44.2 Å². The maximum atomic E-state index is 12.9. The Labute approximate surface area is 210 Å². The Bertz CT molecular complexity index is 1050. The van der Waals surface area contributed by atoms with Gasteiger partial charge < -0.3 is 15.0 Å². The van der Waals surface area contributed by atoms with Gasteiger partial charge in [0.1, 0.15) is 4.88 Å². The number of hydrogen-bond acceptors (Lipinski definition) is 6. The van der Waals surface area contributed by atoms with Gasteiger partial charge in [-0.2, -0.15) is 11.8 Å². The molecule has 1 amide bonds. The SMILES string of the molecule is CSC(C)(C)CN(C)C(=O)c1cn2c(nc3ccc(CNC[C@H]4CCCO4)cc32)s1.Cl.Cl. The van der Waals surface area contributed by atoms with E-state index in [1.807, 2.05) is 22.5 Å². The summed E-state index contributed by atoms with van der Waals surface area (Å²) in [6, 6.07) is 6.35. The lowest BCUT2D eigenvalue weighted by molar-refractivity contribution is 0.0790. The normalized spacial score (nSPS) is 16.2. The minimum atomic E-state index is 0. The van der Waals surface area contributed by atoms with Crippen LogP contribution in [0, 0.1) is 0 Å². The van der Waals surface area contributed by atoms with Crippen molar-refractivity contribution in [3.63, 3.8) is 0 Å². The summed E-state index contributed by atoms with van der Waals surface area (Å²) in [5.74, 6) is 0.0511. The number of benzene rings is 1. The minimum absolute atomic E-state index is 0. The van der Waals surface area contributed by atoms with Gasteiger partial charge in [-0.3, -0.25) is 9.20 Å². The van der Waals surface area contributed by atoms with Crippen molar-refractivity contribution in [1.29, 1.82) is 0 Å². The Morgan fingerprint density at radius 3 is 2.88 bits per heavy atom. The molecular formula is C22H32Cl2N4O2S2. The molecule has 6 nitrogen and oxygen atoms in total. The Morgan fingerprint density at radius 2 is 2.19 bits per heavy atom. The van der Waals surface area contributed by atoms with Gasteiger partial charge in [-0.15, -0.1) is 24.8 Å². The first-order valence-electron chi connectivity index (χ1n) is 10.4. The lowest BCUT2D eigenvalue weighted by atomic mass is 10.2. The van der Waals surface area contributed by atoms with Crippen molar-refractivity contribution in [1.82, 2.24) is 19.6 Å². The summed E-state index contributed by atoms with van der Waals surface area (Å²) in [5.41, 5.74) is 3.21. The van der Waals surface area contributed by atoms with E-state index in [1.54, 1.807) is 11.8 Å². The first kappa shape index (κ1) is 27.2. The molecule has 32 heavy (non-hydrogen) atoms. The van der Waals surface area contributed by atoms with Gasteiger partial charge in [-0.1, -0.05) is 17.4 Å². The molecule has 4 rings (SSSR count). The first-order chi connectivity index (χ1) is 14.4. The number of nitrogens with zero attached hydrogens (tertiary/aromatic N) is 3. The Balaban J connectivity index is 0.00000181. The monoisotopic (exact) mass is 518 g/mol. The molecule has 178 valence electrons. The molecule has 3 aromatic rings. The van der Waals surface area contributed by atoms with Gasteiger partial charge in [0.05, 0.1) is 17.1 Å². The molecule has 0 spiro atoms. The van der Waals surface area contributed by atoms with Gasteiger partial charge in [-0.05, 0) is 50.6 Å². The summed E-state index contributed by atoms with van der Waals surface area (Å²) in [4.78, 5) is 21.0. The molecular weight excluding hydrogens is 487 g/mol. The summed E-state index contributed by atoms with van der Waals surface area (Å²) < 4.78 is 7.75. The second kappa shape index (κ2) is 11.4. The number of halogens is 2. The van der Waals surface area contributed by atoms with E-state index in [4.69, 9.17) is 9.72 Å². The van der Waals surface area contributed by atoms with Crippen molar-refractivity contribution in [3.05, 3.63) is 34.8 Å². The van der Waals surface area contributed by atoms with Crippen LogP contribution in [0.3, 0.4) is 0 Å². The van der Waals surface area contributed by atoms with E-state index in [1.165, 1.54) is 16.9 Å². The molecule has 1 fully saturated rings. The van der Waals surface area contributed by atoms with Crippen LogP contribution >= 0.6 is 47.9 Å². The lowest BCUT2D eigenvalue weighted by Gasteiger charge is -2.28. The number of aromatic nitrogens is 2. The molecule has 0 radical (unpaired) electrons. The highest BCUT2D eigenvalue weighted by Gasteiger charge is 2.24. The summed E-state index contributed by atoms with van der Waals surface area (Å²) in [5, 5.41) is 3.50. The third-order valence-electron chi connectivity index (χ3n) is 5.62. The van der Waals surface area contributed by atoms with Crippen molar-refractivity contribution in [2.24, 2.45) is 0 Å². The largest absolute Gasteiger partial charge is 0.377 e. The van der Waals surface area contributed by atoms with E-state index in [0.29, 0.717) is 12.6 Å². The highest BCUT2D eigenvalue weighted by molar-refractivity contribution is 7.99. The van der Waals surface area contributed by atoms with Crippen LogP contribution in [0.15, 0.2) is 24.4 Å². The van der Waals surface area contributed by atoms with Crippen LogP contribution in [0.5, 0.6) is 0 Å². The number of carbonyl (C=O) groups excluding carboxylic acids is 1. The molecule has 0 bridgehead atoms. The molecule has 1 atom stereocenters. The van der Waals surface area contributed by atoms with Gasteiger partial charge >= 0.3 is 0 Å². The summed E-state index contributed by atoms with van der Waals surface area (Å²) in [7, 11) is 1.87. The van der Waals surface area contributed by atoms with Crippen LogP contribution in [-0.4, -0.2) is 64.0 Å². The molecule has 0 aliphatic carbocycles. The highest BCUT2D eigenvalue weighted by atomic mass is 35.5. The van der Waals surface area contributed by atoms with Gasteiger partial charge in [0.15, 0.2) is 4.96 Å². The fraction of sp³-hybridized carbons (Fsp3) is 0.545. The molecule has 3 heterocycles. The Morgan fingerprint density at radius 1 is 1.41 bits per heavy atom. The zero-order valence-corrected chi connectivity index (χ0v) is 22.2. The number of fused-ring (bicyclic) bond motifs is 3. The molecule has 0 unspecified atom stereocenters. The van der Waals surface area contributed by atoms with Crippen LogP contribution in [-0.2, 0) is 11.3 Å². The van der Waals surface area contributed by atoms with Crippen molar-refractivity contribution in [2.75, 3.05) is 33.0 Å². The van der Waals surface area contributed by atoms with E-state index in [-0.39, 0.29) is 35.5 Å². The van der Waals surface area contributed by atoms with Crippen molar-refractivity contribution in [3.8, 4) is 0 Å². The van der Waals surface area contributed by atoms with Crippen molar-refractivity contribution >= 4 is 69.8 Å². The molecule has 1 aliphatic heterocycles. The van der Waals surface area contributed by atoms with Crippen molar-refractivity contribution in [2.45, 2.75) is 44.1 Å². The zero-order chi connectivity index (χ0) is 21.3. The average molecular weight is 520 g/mol. The van der Waals surface area contributed by atoms with E-state index in [2.05, 4.69) is 43.6 Å². The van der Waals surface area contributed by atoms with Crippen LogP contribution in [0.25, 0.3) is 16.0 Å². The van der Waals surface area contributed by atoms with Crippen LogP contribution < -0.4 is 5.32 Å². The Kier molecular flexibility index (Phi) is 9.70. The maximum absolute atomic E-state index is 12.9. The van der Waals surface area contributed by atoms with E-state index >= 15 is 0 Å². The predicted octanol–water partition coefficient (Wildman–Crippen LogP) is 4.87. The fourth-order valence-electron chi connectivity index (χ4n) is 3.84. The molecule has 1 N–H and O–H groups in total. The Hall–Kier alpha value is -1.03. The quantitative estimate of drug-likeness (QED) is 0.460. The number of hydrogen-bond donors (Lipinski definition) is 1. The van der Waals surface area contributed by atoms with Crippen molar-refractivity contribution < 1.29 is 9.53 Å². The molecule has 1 aliphatic rings. The van der Waals surface area contributed by atoms with Crippen LogP contribution in [0.4, 0.5) is 0 Å². The average Bonchev–Trinajstić information content (AvgIpc) is 3.43. The third-order valence-corrected chi connectivity index (χ3v) is 7.83. The maximum Gasteiger partial charge on any atom is 0.265 e. The second-order valence-corrected chi connectivity index (χ2v) is 11.1. The molecule has 1 aromatic carbocycles. The fourth-order valence-corrected chi connectivity index (χ4v) is 5.16. The van der Waals surface area contributed by atoms with Crippen LogP contribution in [0.1, 0.15) is 41.9 Å². The van der Waals surface area contributed by atoms with Crippen LogP contribution in [0.2, 0.25) is 0 Å². The lowest BCUT2D eigenvalue weighted by Crippen LogP contribution is -2.37. The predicted molar refractivity (Wildman–Crippen MR) is 140 cm³/mol. The number of ether oxygens (including phenoxy) is 1. The standard InChI is InChI=1S/C22H30N4O2S2.2ClH/c1-22(2,29-4)14-25(3)20(27)19-13-26-18-10-15(7-8-17(18)24-21(26)30-19)11-23-12-16-6-5-9-28-16;;/h7-8,10,13,16,23H,5-6,9,11-12,14H2,1-4H3;2*1H/t16-;;/m1../s1. The highest BCUT2D eigenvalue weighted by Crippen LogP contribution is 2.27. The molecule has 2 aromatic heterocycles. The van der Waals surface area contributed by atoms with E-state index < -0.39 is 0 Å². The van der Waals surface area contributed by atoms with E-state index in [0.717, 1.165) is 53.4 Å². The number of thiazole rings is 1. The topological polar surface area (TPSA) is 58.9 Å². The second-order valence-electron chi connectivity index (χ2n) is 8.57. The first-order valence-corrected chi connectivity index (χ1v) is 12.4. The van der Waals surface area contributed by atoms with Gasteiger partial charge in [-0.25, -0.2) is 4.98 Å². The smallest absolute Gasteiger partial charge is 0.265 e. The summed E-state index contributed by atoms with van der Waals surface area (Å²) >= 11 is 3.23.